The summed E-state index contributed by atoms with van der Waals surface area (Å²) >= 11 is 9.48. The van der Waals surface area contributed by atoms with Crippen LogP contribution in [0.1, 0.15) is 36.0 Å². The minimum atomic E-state index is -0.0375. The van der Waals surface area contributed by atoms with E-state index in [1.807, 2.05) is 11.0 Å². The SMILES string of the molecule is O=C(c1cc(Br)ccc1Cl)N1CCCCC1CCO. The number of halogens is 2. The van der Waals surface area contributed by atoms with Gasteiger partial charge in [0.2, 0.25) is 0 Å². The molecule has 2 rings (SSSR count). The highest BCUT2D eigenvalue weighted by molar-refractivity contribution is 9.10. The fraction of sp³-hybridized carbons (Fsp3) is 0.500. The summed E-state index contributed by atoms with van der Waals surface area (Å²) in [6.07, 6.45) is 3.72. The maximum Gasteiger partial charge on any atom is 0.255 e. The standard InChI is InChI=1S/C14H17BrClNO2/c15-10-4-5-13(16)12(9-10)14(19)17-7-2-1-3-11(17)6-8-18/h4-5,9,11,18H,1-3,6-8H2. The normalized spacial score (nSPS) is 19.5. The first-order chi connectivity index (χ1) is 9.13. The van der Waals surface area contributed by atoms with E-state index < -0.39 is 0 Å². The minimum absolute atomic E-state index is 0.0375. The third-order valence-corrected chi connectivity index (χ3v) is 4.33. The van der Waals surface area contributed by atoms with E-state index in [0.29, 0.717) is 17.0 Å². The maximum atomic E-state index is 12.6. The van der Waals surface area contributed by atoms with Gasteiger partial charge in [0, 0.05) is 23.7 Å². The van der Waals surface area contributed by atoms with Gasteiger partial charge in [-0.3, -0.25) is 4.79 Å². The van der Waals surface area contributed by atoms with Crippen LogP contribution in [0.2, 0.25) is 5.02 Å². The number of aliphatic hydroxyl groups is 1. The predicted octanol–water partition coefficient (Wildman–Crippen LogP) is 3.48. The Labute approximate surface area is 126 Å². The quantitative estimate of drug-likeness (QED) is 0.910. The van der Waals surface area contributed by atoms with Gasteiger partial charge in [0.05, 0.1) is 10.6 Å². The average Bonchev–Trinajstić information content (AvgIpc) is 2.42. The first-order valence-electron chi connectivity index (χ1n) is 6.50. The highest BCUT2D eigenvalue weighted by Gasteiger charge is 2.28. The van der Waals surface area contributed by atoms with Crippen LogP contribution >= 0.6 is 27.5 Å². The van der Waals surface area contributed by atoms with Crippen LogP contribution in [0.4, 0.5) is 0 Å². The molecule has 0 bridgehead atoms. The summed E-state index contributed by atoms with van der Waals surface area (Å²) in [7, 11) is 0. The lowest BCUT2D eigenvalue weighted by Crippen LogP contribution is -2.44. The van der Waals surface area contributed by atoms with Crippen LogP contribution in [-0.2, 0) is 0 Å². The van der Waals surface area contributed by atoms with Crippen LogP contribution < -0.4 is 0 Å². The predicted molar refractivity (Wildman–Crippen MR) is 79.5 cm³/mol. The molecule has 0 saturated carbocycles. The second-order valence-electron chi connectivity index (χ2n) is 4.78. The molecule has 1 N–H and O–H groups in total. The van der Waals surface area contributed by atoms with Crippen molar-refractivity contribution in [3.05, 3.63) is 33.3 Å². The number of hydrogen-bond acceptors (Lipinski definition) is 2. The van der Waals surface area contributed by atoms with Crippen LogP contribution in [-0.4, -0.2) is 35.1 Å². The monoisotopic (exact) mass is 345 g/mol. The zero-order valence-corrected chi connectivity index (χ0v) is 13.0. The summed E-state index contributed by atoms with van der Waals surface area (Å²) in [6, 6.07) is 5.43. The number of aliphatic hydroxyl groups excluding tert-OH is 1. The molecule has 5 heteroatoms. The summed E-state index contributed by atoms with van der Waals surface area (Å²) < 4.78 is 0.843. The molecule has 1 aromatic rings. The van der Waals surface area contributed by atoms with Gasteiger partial charge in [0.25, 0.3) is 5.91 Å². The molecule has 0 radical (unpaired) electrons. The Balaban J connectivity index is 2.23. The number of nitrogens with zero attached hydrogens (tertiary/aromatic N) is 1. The van der Waals surface area contributed by atoms with Gasteiger partial charge < -0.3 is 10.0 Å². The number of amides is 1. The van der Waals surface area contributed by atoms with Crippen LogP contribution in [0, 0.1) is 0 Å². The van der Waals surface area contributed by atoms with E-state index in [1.165, 1.54) is 0 Å². The van der Waals surface area contributed by atoms with Crippen LogP contribution in [0.3, 0.4) is 0 Å². The molecule has 104 valence electrons. The molecule has 0 aromatic heterocycles. The summed E-state index contributed by atoms with van der Waals surface area (Å²) in [5.74, 6) is -0.0375. The lowest BCUT2D eigenvalue weighted by Gasteiger charge is -2.35. The molecule has 0 aliphatic carbocycles. The van der Waals surface area contributed by atoms with Crippen molar-refractivity contribution in [2.24, 2.45) is 0 Å². The fourth-order valence-corrected chi connectivity index (χ4v) is 3.09. The Morgan fingerprint density at radius 2 is 2.26 bits per heavy atom. The van der Waals surface area contributed by atoms with Gasteiger partial charge in [-0.05, 0) is 43.9 Å². The Hall–Kier alpha value is -0.580. The molecule has 1 aromatic carbocycles. The van der Waals surface area contributed by atoms with Gasteiger partial charge in [0.15, 0.2) is 0 Å². The van der Waals surface area contributed by atoms with E-state index in [9.17, 15) is 4.79 Å². The minimum Gasteiger partial charge on any atom is -0.396 e. The van der Waals surface area contributed by atoms with E-state index in [-0.39, 0.29) is 18.6 Å². The first-order valence-corrected chi connectivity index (χ1v) is 7.67. The number of benzene rings is 1. The lowest BCUT2D eigenvalue weighted by molar-refractivity contribution is 0.0575. The van der Waals surface area contributed by atoms with E-state index >= 15 is 0 Å². The van der Waals surface area contributed by atoms with Crippen molar-refractivity contribution < 1.29 is 9.90 Å². The summed E-state index contributed by atoms with van der Waals surface area (Å²) in [4.78, 5) is 14.5. The van der Waals surface area contributed by atoms with Gasteiger partial charge in [-0.15, -0.1) is 0 Å². The van der Waals surface area contributed by atoms with Crippen molar-refractivity contribution in [1.82, 2.24) is 4.90 Å². The number of rotatable bonds is 3. The summed E-state index contributed by atoms with van der Waals surface area (Å²) in [5.41, 5.74) is 0.529. The molecule has 1 aliphatic rings. The van der Waals surface area contributed by atoms with Crippen LogP contribution in [0.15, 0.2) is 22.7 Å². The van der Waals surface area contributed by atoms with Crippen molar-refractivity contribution in [2.75, 3.05) is 13.2 Å². The summed E-state index contributed by atoms with van der Waals surface area (Å²) in [6.45, 7) is 0.854. The molecule has 1 amide bonds. The molecule has 0 spiro atoms. The summed E-state index contributed by atoms with van der Waals surface area (Å²) in [5, 5.41) is 9.59. The number of carbonyl (C=O) groups excluding carboxylic acids is 1. The van der Waals surface area contributed by atoms with Gasteiger partial charge in [-0.1, -0.05) is 27.5 Å². The lowest BCUT2D eigenvalue weighted by atomic mass is 9.98. The maximum absolute atomic E-state index is 12.6. The molecule has 3 nitrogen and oxygen atoms in total. The fourth-order valence-electron chi connectivity index (χ4n) is 2.53. The second-order valence-corrected chi connectivity index (χ2v) is 6.11. The molecule has 1 fully saturated rings. The molecular formula is C14H17BrClNO2. The number of piperidine rings is 1. The zero-order valence-electron chi connectivity index (χ0n) is 10.6. The van der Waals surface area contributed by atoms with E-state index in [4.69, 9.17) is 16.7 Å². The molecule has 1 atom stereocenters. The Morgan fingerprint density at radius 3 is 3.00 bits per heavy atom. The van der Waals surface area contributed by atoms with E-state index in [2.05, 4.69) is 15.9 Å². The smallest absolute Gasteiger partial charge is 0.255 e. The van der Waals surface area contributed by atoms with E-state index in [1.54, 1.807) is 12.1 Å². The Bertz CT molecular complexity index is 465. The van der Waals surface area contributed by atoms with Crippen LogP contribution in [0.25, 0.3) is 0 Å². The van der Waals surface area contributed by atoms with Gasteiger partial charge in [-0.2, -0.15) is 0 Å². The van der Waals surface area contributed by atoms with Crippen molar-refractivity contribution in [2.45, 2.75) is 31.7 Å². The third kappa shape index (κ3) is 3.50. The molecule has 1 saturated heterocycles. The molecule has 19 heavy (non-hydrogen) atoms. The first kappa shape index (κ1) is 14.8. The largest absolute Gasteiger partial charge is 0.396 e. The zero-order chi connectivity index (χ0) is 13.8. The average molecular weight is 347 g/mol. The van der Waals surface area contributed by atoms with Crippen molar-refractivity contribution >= 4 is 33.4 Å². The number of likely N-dealkylation sites (tertiary alicyclic amines) is 1. The van der Waals surface area contributed by atoms with Gasteiger partial charge in [-0.25, -0.2) is 0 Å². The third-order valence-electron chi connectivity index (χ3n) is 3.51. The van der Waals surface area contributed by atoms with E-state index in [0.717, 1.165) is 30.3 Å². The van der Waals surface area contributed by atoms with Crippen molar-refractivity contribution in [3.8, 4) is 0 Å². The van der Waals surface area contributed by atoms with Crippen molar-refractivity contribution in [3.63, 3.8) is 0 Å². The number of carbonyl (C=O) groups is 1. The Morgan fingerprint density at radius 1 is 1.47 bits per heavy atom. The Kier molecular flexibility index (Phi) is 5.25. The number of hydrogen-bond donors (Lipinski definition) is 1. The highest BCUT2D eigenvalue weighted by Crippen LogP contribution is 2.26. The molecular weight excluding hydrogens is 330 g/mol. The van der Waals surface area contributed by atoms with Crippen LogP contribution in [0.5, 0.6) is 0 Å². The molecule has 1 unspecified atom stereocenters. The topological polar surface area (TPSA) is 40.5 Å². The second kappa shape index (κ2) is 6.73. The molecule has 1 heterocycles. The highest BCUT2D eigenvalue weighted by atomic mass is 79.9. The van der Waals surface area contributed by atoms with Gasteiger partial charge >= 0.3 is 0 Å². The van der Waals surface area contributed by atoms with Crippen molar-refractivity contribution in [1.29, 1.82) is 0 Å². The van der Waals surface area contributed by atoms with Gasteiger partial charge in [0.1, 0.15) is 0 Å². The molecule has 1 aliphatic heterocycles.